The van der Waals surface area contributed by atoms with Crippen LogP contribution >= 0.6 is 23.2 Å². The molecule has 208 valence electrons. The van der Waals surface area contributed by atoms with Gasteiger partial charge in [0.25, 0.3) is 15.9 Å². The van der Waals surface area contributed by atoms with Gasteiger partial charge in [0, 0.05) is 27.7 Å². The van der Waals surface area contributed by atoms with Gasteiger partial charge in [-0.05, 0) is 73.0 Å². The fourth-order valence-corrected chi connectivity index (χ4v) is 5.13. The molecule has 0 aliphatic rings. The summed E-state index contributed by atoms with van der Waals surface area (Å²) >= 11 is 12.1. The van der Waals surface area contributed by atoms with Gasteiger partial charge in [-0.15, -0.1) is 0 Å². The molecule has 3 aromatic carbocycles. The normalized spacial score (nSPS) is 11.0. The van der Waals surface area contributed by atoms with Gasteiger partial charge in [0.05, 0.1) is 22.1 Å². The van der Waals surface area contributed by atoms with E-state index < -0.39 is 34.2 Å². The first kappa shape index (κ1) is 30.6. The fraction of sp³-hybridized carbons (Fsp3) is 0.214. The number of ketones is 1. The second kappa shape index (κ2) is 13.0. The fourth-order valence-electron chi connectivity index (χ4n) is 3.64. The van der Waals surface area contributed by atoms with E-state index in [0.29, 0.717) is 11.3 Å². The molecule has 0 aromatic heterocycles. The summed E-state index contributed by atoms with van der Waals surface area (Å²) in [5, 5.41) is 12.3. The monoisotopic (exact) mass is 601 g/mol. The minimum absolute atomic E-state index is 0.00734. The Bertz CT molecular complexity index is 1630. The molecule has 9 nitrogen and oxygen atoms in total. The number of amides is 2. The predicted molar refractivity (Wildman–Crippen MR) is 151 cm³/mol. The van der Waals surface area contributed by atoms with E-state index >= 15 is 0 Å². The molecule has 0 aliphatic carbocycles. The number of aryl methyl sites for hydroxylation is 1. The van der Waals surface area contributed by atoms with Crippen molar-refractivity contribution in [1.82, 2.24) is 4.72 Å². The number of hydrogen-bond acceptors (Lipinski definition) is 7. The number of hydrogen-bond donors (Lipinski definition) is 2. The number of halogens is 2. The molecule has 40 heavy (non-hydrogen) atoms. The van der Waals surface area contributed by atoms with Crippen molar-refractivity contribution < 1.29 is 27.5 Å². The molecule has 0 radical (unpaired) electrons. The van der Waals surface area contributed by atoms with Crippen molar-refractivity contribution in [2.45, 2.75) is 32.1 Å². The van der Waals surface area contributed by atoms with Gasteiger partial charge in [0.15, 0.2) is 12.4 Å². The van der Waals surface area contributed by atoms with Crippen LogP contribution in [0.1, 0.15) is 47.3 Å². The molecule has 0 spiro atoms. The first-order valence-corrected chi connectivity index (χ1v) is 14.2. The number of carbonyl (C=O) groups is 3. The zero-order valence-corrected chi connectivity index (χ0v) is 24.1. The molecule has 0 bridgehead atoms. The summed E-state index contributed by atoms with van der Waals surface area (Å²) in [4.78, 5) is 37.6. The van der Waals surface area contributed by atoms with Gasteiger partial charge in [0.1, 0.15) is 5.75 Å². The topological polar surface area (TPSA) is 142 Å². The van der Waals surface area contributed by atoms with E-state index in [1.807, 2.05) is 10.8 Å². The van der Waals surface area contributed by atoms with Crippen LogP contribution in [0.15, 0.2) is 59.5 Å². The van der Waals surface area contributed by atoms with Crippen molar-refractivity contribution in [1.29, 1.82) is 5.26 Å². The molecule has 0 atom stereocenters. The number of nitriles is 1. The van der Waals surface area contributed by atoms with Crippen molar-refractivity contribution in [3.05, 3.63) is 86.9 Å². The average Bonchev–Trinajstić information content (AvgIpc) is 2.87. The lowest BCUT2D eigenvalue weighted by molar-refractivity contribution is -0.120. The lowest BCUT2D eigenvalue weighted by Gasteiger charge is -2.14. The minimum atomic E-state index is -4.07. The Labute approximate surface area is 242 Å². The Morgan fingerprint density at radius 2 is 1.70 bits per heavy atom. The van der Waals surface area contributed by atoms with Crippen LogP contribution in [-0.2, 0) is 19.6 Å². The van der Waals surface area contributed by atoms with Crippen molar-refractivity contribution in [2.75, 3.05) is 11.9 Å². The Morgan fingerprint density at radius 1 is 0.975 bits per heavy atom. The van der Waals surface area contributed by atoms with Crippen molar-refractivity contribution in [3.63, 3.8) is 0 Å². The highest BCUT2D eigenvalue weighted by Gasteiger charge is 2.21. The Hall–Kier alpha value is -3.91. The molecular weight excluding hydrogens is 577 g/mol. The maximum Gasteiger partial charge on any atom is 0.264 e. The summed E-state index contributed by atoms with van der Waals surface area (Å²) in [6, 6.07) is 14.5. The Kier molecular flexibility index (Phi) is 9.93. The molecule has 0 saturated carbocycles. The highest BCUT2D eigenvalue weighted by atomic mass is 35.5. The summed E-state index contributed by atoms with van der Waals surface area (Å²) in [7, 11) is -4.07. The zero-order chi connectivity index (χ0) is 29.6. The number of nitrogens with one attached hydrogen (secondary N) is 2. The van der Waals surface area contributed by atoms with Gasteiger partial charge >= 0.3 is 0 Å². The Morgan fingerprint density at radius 3 is 2.35 bits per heavy atom. The van der Waals surface area contributed by atoms with E-state index in [2.05, 4.69) is 5.32 Å². The number of ether oxygens (including phenoxy) is 1. The first-order chi connectivity index (χ1) is 18.8. The smallest absolute Gasteiger partial charge is 0.264 e. The predicted octanol–water partition coefficient (Wildman–Crippen LogP) is 5.27. The van der Waals surface area contributed by atoms with Crippen molar-refractivity contribution in [2.24, 2.45) is 5.92 Å². The van der Waals surface area contributed by atoms with Crippen LogP contribution in [0.2, 0.25) is 10.0 Å². The largest absolute Gasteiger partial charge is 0.483 e. The first-order valence-electron chi connectivity index (χ1n) is 11.9. The summed E-state index contributed by atoms with van der Waals surface area (Å²) < 4.78 is 32.7. The number of rotatable bonds is 10. The van der Waals surface area contributed by atoms with Crippen molar-refractivity contribution >= 4 is 56.5 Å². The van der Waals surface area contributed by atoms with Crippen LogP contribution in [0.5, 0.6) is 5.75 Å². The van der Waals surface area contributed by atoms with Crippen LogP contribution in [0.4, 0.5) is 5.69 Å². The van der Waals surface area contributed by atoms with E-state index in [9.17, 15) is 28.1 Å². The molecule has 0 aliphatic heterocycles. The number of benzene rings is 3. The van der Waals surface area contributed by atoms with E-state index in [-0.39, 0.29) is 49.7 Å². The van der Waals surface area contributed by atoms with Gasteiger partial charge < -0.3 is 10.1 Å². The second-order valence-electron chi connectivity index (χ2n) is 9.25. The van der Waals surface area contributed by atoms with Gasteiger partial charge in [-0.25, -0.2) is 13.1 Å². The van der Waals surface area contributed by atoms with Crippen LogP contribution in [0.3, 0.4) is 0 Å². The SMILES string of the molecule is Cc1cc(S(=O)(=O)NC(=O)CC(C)C)ccc1NC(=O)COc1ccc(Cl)cc1C(=O)c1cc(Cl)cc(C#N)c1. The molecule has 0 unspecified atom stereocenters. The molecule has 3 rings (SSSR count). The lowest BCUT2D eigenvalue weighted by atomic mass is 10.0. The maximum atomic E-state index is 13.2. The molecule has 0 saturated heterocycles. The van der Waals surface area contributed by atoms with E-state index in [1.54, 1.807) is 20.8 Å². The number of anilines is 1. The van der Waals surface area contributed by atoms with Gasteiger partial charge in [-0.2, -0.15) is 5.26 Å². The molecule has 12 heteroatoms. The van der Waals surface area contributed by atoms with Crippen LogP contribution in [0.25, 0.3) is 0 Å². The van der Waals surface area contributed by atoms with Gasteiger partial charge in [-0.1, -0.05) is 37.0 Å². The zero-order valence-electron chi connectivity index (χ0n) is 21.7. The third-order valence-corrected chi connectivity index (χ3v) is 7.28. The molecule has 0 heterocycles. The Balaban J connectivity index is 1.72. The highest BCUT2D eigenvalue weighted by Crippen LogP contribution is 2.27. The standard InChI is InChI=1S/C28H25Cl2N3O6S/c1-16(2)8-26(34)33-40(37,38)22-5-6-24(17(3)9-22)32-27(35)15-39-25-7-4-20(29)13-23(25)28(36)19-10-18(14-31)11-21(30)12-19/h4-7,9-13,16H,8,15H2,1-3H3,(H,32,35)(H,33,34). The summed E-state index contributed by atoms with van der Waals surface area (Å²) in [5.74, 6) is -1.62. The number of nitrogens with zero attached hydrogens (tertiary/aromatic N) is 1. The van der Waals surface area contributed by atoms with Crippen LogP contribution < -0.4 is 14.8 Å². The van der Waals surface area contributed by atoms with E-state index in [0.717, 1.165) is 0 Å². The lowest BCUT2D eigenvalue weighted by Crippen LogP contribution is -2.31. The molecule has 3 aromatic rings. The maximum absolute atomic E-state index is 13.2. The van der Waals surface area contributed by atoms with E-state index in [1.165, 1.54) is 54.6 Å². The number of sulfonamides is 1. The molecular formula is C28H25Cl2N3O6S. The molecule has 2 N–H and O–H groups in total. The van der Waals surface area contributed by atoms with Gasteiger partial charge in [0.2, 0.25) is 5.91 Å². The summed E-state index contributed by atoms with van der Waals surface area (Å²) in [5.41, 5.74) is 1.18. The number of carbonyl (C=O) groups excluding carboxylic acids is 3. The molecule has 0 fully saturated rings. The average molecular weight is 602 g/mol. The van der Waals surface area contributed by atoms with Crippen LogP contribution in [0, 0.1) is 24.2 Å². The summed E-state index contributed by atoms with van der Waals surface area (Å²) in [6.45, 7) is 4.72. The minimum Gasteiger partial charge on any atom is -0.483 e. The third kappa shape index (κ3) is 8.05. The quantitative estimate of drug-likeness (QED) is 0.301. The second-order valence-corrected chi connectivity index (χ2v) is 11.8. The molecule has 2 amide bonds. The van der Waals surface area contributed by atoms with Gasteiger partial charge in [-0.3, -0.25) is 14.4 Å². The van der Waals surface area contributed by atoms with Crippen LogP contribution in [-0.4, -0.2) is 32.6 Å². The third-order valence-electron chi connectivity index (χ3n) is 5.46. The highest BCUT2D eigenvalue weighted by molar-refractivity contribution is 7.90. The van der Waals surface area contributed by atoms with E-state index in [4.69, 9.17) is 27.9 Å². The summed E-state index contributed by atoms with van der Waals surface area (Å²) in [6.07, 6.45) is 0.0628. The van der Waals surface area contributed by atoms with Crippen molar-refractivity contribution in [3.8, 4) is 11.8 Å².